The van der Waals surface area contributed by atoms with Gasteiger partial charge in [0.2, 0.25) is 0 Å². The van der Waals surface area contributed by atoms with E-state index in [9.17, 15) is 0 Å². The summed E-state index contributed by atoms with van der Waals surface area (Å²) in [6, 6.07) is 0.677. The predicted octanol–water partition coefficient (Wildman–Crippen LogP) is 2.64. The summed E-state index contributed by atoms with van der Waals surface area (Å²) in [5, 5.41) is 3.30. The number of likely N-dealkylation sites (tertiary alicyclic amines) is 1. The van der Waals surface area contributed by atoms with Crippen molar-refractivity contribution in [3.05, 3.63) is 0 Å². The Kier molecular flexibility index (Phi) is 5.07. The Morgan fingerprint density at radius 2 is 2.07 bits per heavy atom. The molecule has 0 spiro atoms. The second-order valence-electron chi connectivity index (χ2n) is 5.59. The van der Waals surface area contributed by atoms with Crippen LogP contribution in [0.15, 0.2) is 0 Å². The molecule has 1 N–H and O–H groups in total. The smallest absolute Gasteiger partial charge is 0.0153 e. The second kappa shape index (κ2) is 5.86. The van der Waals surface area contributed by atoms with Crippen molar-refractivity contribution in [2.24, 2.45) is 0 Å². The quantitative estimate of drug-likeness (QED) is 0.681. The lowest BCUT2D eigenvalue weighted by Gasteiger charge is -2.31. The largest absolute Gasteiger partial charge is 0.317 e. The summed E-state index contributed by atoms with van der Waals surface area (Å²) in [7, 11) is 2.05. The third-order valence-corrected chi connectivity index (χ3v) is 3.88. The molecule has 1 aliphatic heterocycles. The number of unbranched alkanes of at least 4 members (excludes halogenated alkanes) is 1. The van der Waals surface area contributed by atoms with Crippen molar-refractivity contribution in [2.75, 3.05) is 20.1 Å². The molecule has 1 saturated heterocycles. The van der Waals surface area contributed by atoms with E-state index in [1.807, 2.05) is 7.05 Å². The van der Waals surface area contributed by atoms with Gasteiger partial charge < -0.3 is 5.32 Å². The molecular weight excluding hydrogens is 184 g/mol. The summed E-state index contributed by atoms with van der Waals surface area (Å²) < 4.78 is 0. The highest BCUT2D eigenvalue weighted by molar-refractivity contribution is 4.87. The average Bonchev–Trinajstić information content (AvgIpc) is 2.52. The summed E-state index contributed by atoms with van der Waals surface area (Å²) in [5.41, 5.74) is 0.467. The Labute approximate surface area is 95.4 Å². The number of hydrogen-bond donors (Lipinski definition) is 1. The van der Waals surface area contributed by atoms with Crippen molar-refractivity contribution in [2.45, 2.75) is 64.5 Å². The Bertz CT molecular complexity index is 177. The molecule has 0 aromatic heterocycles. The van der Waals surface area contributed by atoms with Crippen LogP contribution in [0.4, 0.5) is 0 Å². The first-order valence-electron chi connectivity index (χ1n) is 6.48. The summed E-state index contributed by atoms with van der Waals surface area (Å²) in [6.45, 7) is 9.64. The molecule has 15 heavy (non-hydrogen) atoms. The van der Waals surface area contributed by atoms with E-state index in [2.05, 4.69) is 31.0 Å². The van der Waals surface area contributed by atoms with Crippen molar-refractivity contribution in [1.29, 1.82) is 0 Å². The van der Waals surface area contributed by atoms with Crippen LogP contribution >= 0.6 is 0 Å². The third kappa shape index (κ3) is 4.12. The van der Waals surface area contributed by atoms with Crippen molar-refractivity contribution >= 4 is 0 Å². The third-order valence-electron chi connectivity index (χ3n) is 3.88. The molecule has 1 atom stereocenters. The van der Waals surface area contributed by atoms with Gasteiger partial charge in [0.15, 0.2) is 0 Å². The lowest BCUT2D eigenvalue weighted by molar-refractivity contribution is 0.171. The molecule has 1 rings (SSSR count). The van der Waals surface area contributed by atoms with Crippen LogP contribution in [-0.2, 0) is 0 Å². The lowest BCUT2D eigenvalue weighted by Crippen LogP contribution is -2.38. The molecule has 0 amide bonds. The zero-order valence-corrected chi connectivity index (χ0v) is 11.0. The zero-order chi connectivity index (χ0) is 11.3. The zero-order valence-electron chi connectivity index (χ0n) is 11.0. The summed E-state index contributed by atoms with van der Waals surface area (Å²) in [5.74, 6) is 0. The molecule has 0 saturated carbocycles. The maximum absolute atomic E-state index is 3.30. The fraction of sp³-hybridized carbons (Fsp3) is 1.00. The number of rotatable bonds is 6. The van der Waals surface area contributed by atoms with Gasteiger partial charge in [0, 0.05) is 11.6 Å². The molecule has 0 aromatic rings. The lowest BCUT2D eigenvalue weighted by atomic mass is 10.0. The Balaban J connectivity index is 2.10. The Hall–Kier alpha value is -0.0800. The van der Waals surface area contributed by atoms with Crippen LogP contribution < -0.4 is 5.32 Å². The molecule has 2 heteroatoms. The highest BCUT2D eigenvalue weighted by atomic mass is 15.2. The van der Waals surface area contributed by atoms with E-state index in [0.717, 1.165) is 0 Å². The van der Waals surface area contributed by atoms with Crippen LogP contribution in [0, 0.1) is 0 Å². The van der Waals surface area contributed by atoms with Crippen LogP contribution in [0.2, 0.25) is 0 Å². The van der Waals surface area contributed by atoms with E-state index in [1.54, 1.807) is 0 Å². The highest BCUT2D eigenvalue weighted by Gasteiger charge is 2.30. The Morgan fingerprint density at radius 3 is 2.60 bits per heavy atom. The fourth-order valence-electron chi connectivity index (χ4n) is 2.48. The van der Waals surface area contributed by atoms with Crippen molar-refractivity contribution in [3.8, 4) is 0 Å². The number of hydrogen-bond acceptors (Lipinski definition) is 2. The summed E-state index contributed by atoms with van der Waals surface area (Å²) >= 11 is 0. The first kappa shape index (κ1) is 13.0. The van der Waals surface area contributed by atoms with E-state index in [1.165, 1.54) is 45.2 Å². The van der Waals surface area contributed by atoms with Crippen LogP contribution in [0.3, 0.4) is 0 Å². The molecule has 90 valence electrons. The van der Waals surface area contributed by atoms with E-state index >= 15 is 0 Å². The van der Waals surface area contributed by atoms with Crippen LogP contribution in [0.25, 0.3) is 0 Å². The van der Waals surface area contributed by atoms with E-state index in [-0.39, 0.29) is 0 Å². The molecular formula is C13H28N2. The molecule has 1 unspecified atom stereocenters. The van der Waals surface area contributed by atoms with Gasteiger partial charge in [-0.05, 0) is 66.6 Å². The Morgan fingerprint density at radius 1 is 1.33 bits per heavy atom. The fourth-order valence-corrected chi connectivity index (χ4v) is 2.48. The van der Waals surface area contributed by atoms with Gasteiger partial charge >= 0.3 is 0 Å². The van der Waals surface area contributed by atoms with Crippen molar-refractivity contribution in [1.82, 2.24) is 10.2 Å². The minimum Gasteiger partial charge on any atom is -0.317 e. The van der Waals surface area contributed by atoms with E-state index in [0.29, 0.717) is 11.6 Å². The van der Waals surface area contributed by atoms with Gasteiger partial charge in [-0.3, -0.25) is 4.90 Å². The van der Waals surface area contributed by atoms with E-state index < -0.39 is 0 Å². The van der Waals surface area contributed by atoms with Crippen molar-refractivity contribution in [3.63, 3.8) is 0 Å². The van der Waals surface area contributed by atoms with Crippen LogP contribution in [0.1, 0.15) is 52.9 Å². The standard InChI is InChI=1S/C13H28N2/c1-12(14-4)8-5-6-10-15-11-7-9-13(15,2)3/h12,14H,5-11H2,1-4H3. The SMILES string of the molecule is CNC(C)CCCCN1CCCC1(C)C. The molecule has 0 radical (unpaired) electrons. The minimum absolute atomic E-state index is 0.467. The van der Waals surface area contributed by atoms with Crippen LogP contribution in [-0.4, -0.2) is 36.6 Å². The second-order valence-corrected chi connectivity index (χ2v) is 5.59. The number of nitrogens with zero attached hydrogens (tertiary/aromatic N) is 1. The monoisotopic (exact) mass is 212 g/mol. The molecule has 1 fully saturated rings. The normalized spacial score (nSPS) is 23.2. The maximum Gasteiger partial charge on any atom is 0.0153 e. The summed E-state index contributed by atoms with van der Waals surface area (Å²) in [4.78, 5) is 2.66. The topological polar surface area (TPSA) is 15.3 Å². The van der Waals surface area contributed by atoms with Gasteiger partial charge in [0.25, 0.3) is 0 Å². The van der Waals surface area contributed by atoms with E-state index in [4.69, 9.17) is 0 Å². The minimum atomic E-state index is 0.467. The molecule has 1 aliphatic rings. The van der Waals surface area contributed by atoms with Gasteiger partial charge in [0.1, 0.15) is 0 Å². The summed E-state index contributed by atoms with van der Waals surface area (Å²) in [6.07, 6.45) is 6.79. The van der Waals surface area contributed by atoms with Crippen molar-refractivity contribution < 1.29 is 0 Å². The molecule has 0 bridgehead atoms. The van der Waals surface area contributed by atoms with Gasteiger partial charge in [-0.15, -0.1) is 0 Å². The van der Waals surface area contributed by atoms with Gasteiger partial charge in [0.05, 0.1) is 0 Å². The van der Waals surface area contributed by atoms with Gasteiger partial charge in [-0.25, -0.2) is 0 Å². The molecule has 0 aromatic carbocycles. The maximum atomic E-state index is 3.30. The predicted molar refractivity (Wildman–Crippen MR) is 67.3 cm³/mol. The molecule has 0 aliphatic carbocycles. The number of nitrogens with one attached hydrogen (secondary N) is 1. The van der Waals surface area contributed by atoms with Gasteiger partial charge in [-0.2, -0.15) is 0 Å². The van der Waals surface area contributed by atoms with Crippen LogP contribution in [0.5, 0.6) is 0 Å². The molecule has 1 heterocycles. The highest BCUT2D eigenvalue weighted by Crippen LogP contribution is 2.28. The first-order valence-corrected chi connectivity index (χ1v) is 6.48. The van der Waals surface area contributed by atoms with Gasteiger partial charge in [-0.1, -0.05) is 6.42 Å². The molecule has 2 nitrogen and oxygen atoms in total. The first-order chi connectivity index (χ1) is 7.06. The average molecular weight is 212 g/mol.